The molecule has 0 heterocycles. The first-order valence-corrected chi connectivity index (χ1v) is 7.70. The highest BCUT2D eigenvalue weighted by atomic mass is 19.4. The highest BCUT2D eigenvalue weighted by molar-refractivity contribution is 5.85. The second-order valence-electron chi connectivity index (χ2n) is 5.70. The van der Waals surface area contributed by atoms with Gasteiger partial charge in [-0.2, -0.15) is 0 Å². The minimum Gasteiger partial charge on any atom is -0.478 e. The number of rotatable bonds is 5. The highest BCUT2D eigenvalue weighted by Gasteiger charge is 2.36. The molecule has 1 saturated carbocycles. The van der Waals surface area contributed by atoms with Gasteiger partial charge in [0.25, 0.3) is 0 Å². The molecule has 1 aromatic carbocycles. The Morgan fingerprint density at radius 1 is 1.08 bits per heavy atom. The number of benzene rings is 1. The number of hydrogen-bond acceptors (Lipinski definition) is 4. The molecule has 0 radical (unpaired) electrons. The van der Waals surface area contributed by atoms with Crippen LogP contribution in [0.1, 0.15) is 31.2 Å². The second kappa shape index (κ2) is 8.15. The lowest BCUT2D eigenvalue weighted by molar-refractivity contribution is -0.345. The molecule has 0 aromatic heterocycles. The monoisotopic (exact) mass is 358 g/mol. The zero-order valence-electron chi connectivity index (χ0n) is 13.2. The number of carbonyl (C=O) groups excluding carboxylic acids is 1. The molecule has 1 fully saturated rings. The van der Waals surface area contributed by atoms with Crippen molar-refractivity contribution in [3.05, 3.63) is 35.9 Å². The fourth-order valence-corrected chi connectivity index (χ4v) is 2.62. The number of carboxylic acids is 1. The molecule has 0 spiro atoms. The minimum atomic E-state index is -4.66. The van der Waals surface area contributed by atoms with Gasteiger partial charge in [0, 0.05) is 6.08 Å². The lowest BCUT2D eigenvalue weighted by Gasteiger charge is -2.27. The maximum absolute atomic E-state index is 12.2. The average molecular weight is 358 g/mol. The van der Waals surface area contributed by atoms with E-state index in [0.717, 1.165) is 6.08 Å². The molecule has 25 heavy (non-hydrogen) atoms. The number of alkyl halides is 3. The van der Waals surface area contributed by atoms with E-state index >= 15 is 0 Å². The van der Waals surface area contributed by atoms with E-state index in [0.29, 0.717) is 11.3 Å². The van der Waals surface area contributed by atoms with Crippen molar-refractivity contribution < 1.29 is 37.3 Å². The number of aliphatic carboxylic acids is 1. The molecule has 1 aliphatic rings. The van der Waals surface area contributed by atoms with Crippen molar-refractivity contribution in [1.29, 1.82) is 0 Å². The zero-order chi connectivity index (χ0) is 18.4. The van der Waals surface area contributed by atoms with E-state index in [4.69, 9.17) is 9.84 Å². The van der Waals surface area contributed by atoms with Crippen LogP contribution in [0.4, 0.5) is 13.2 Å². The first kappa shape index (κ1) is 19.0. The van der Waals surface area contributed by atoms with Gasteiger partial charge in [0.2, 0.25) is 0 Å². The normalized spacial score (nSPS) is 21.2. The largest absolute Gasteiger partial charge is 0.522 e. The number of esters is 1. The van der Waals surface area contributed by atoms with Gasteiger partial charge in [-0.25, -0.2) is 4.79 Å². The van der Waals surface area contributed by atoms with E-state index in [1.165, 1.54) is 18.2 Å². The fourth-order valence-electron chi connectivity index (χ4n) is 2.62. The van der Waals surface area contributed by atoms with Crippen LogP contribution in [-0.2, 0) is 14.3 Å². The average Bonchev–Trinajstić information content (AvgIpc) is 2.53. The van der Waals surface area contributed by atoms with E-state index < -0.39 is 30.3 Å². The van der Waals surface area contributed by atoms with Crippen LogP contribution in [0.3, 0.4) is 0 Å². The molecule has 0 bridgehead atoms. The Kier molecular flexibility index (Phi) is 6.19. The van der Waals surface area contributed by atoms with Crippen LogP contribution in [0.25, 0.3) is 6.08 Å². The Labute approximate surface area is 142 Å². The van der Waals surface area contributed by atoms with Crippen molar-refractivity contribution in [2.75, 3.05) is 0 Å². The summed E-state index contributed by atoms with van der Waals surface area (Å²) in [4.78, 5) is 22.5. The van der Waals surface area contributed by atoms with Gasteiger partial charge >= 0.3 is 18.3 Å². The molecular formula is C17H17F3O5. The van der Waals surface area contributed by atoms with Crippen LogP contribution in [0.5, 0.6) is 5.75 Å². The van der Waals surface area contributed by atoms with E-state index in [-0.39, 0.29) is 25.7 Å². The second-order valence-corrected chi connectivity index (χ2v) is 5.70. The Hall–Kier alpha value is -2.35. The molecule has 2 rings (SSSR count). The summed E-state index contributed by atoms with van der Waals surface area (Å²) in [6, 6.07) is 6.24. The molecule has 5 nitrogen and oxygen atoms in total. The van der Waals surface area contributed by atoms with Crippen LogP contribution in [0.15, 0.2) is 30.3 Å². The standard InChI is InChI=1S/C17H17F3O5/c18-17(19,20)25-14-8-4-12(5-9-14)16(23)24-13-6-1-11(2-7-13)3-10-15(21)22/h1-3,6-7,10,12,14H,4-5,8-9H2,(H,21,22)/b10-3+. The van der Waals surface area contributed by atoms with Crippen molar-refractivity contribution >= 4 is 18.0 Å². The summed E-state index contributed by atoms with van der Waals surface area (Å²) in [5, 5.41) is 8.55. The maximum Gasteiger partial charge on any atom is 0.522 e. The van der Waals surface area contributed by atoms with Crippen molar-refractivity contribution in [3.63, 3.8) is 0 Å². The van der Waals surface area contributed by atoms with Crippen molar-refractivity contribution in [3.8, 4) is 5.75 Å². The van der Waals surface area contributed by atoms with Crippen molar-refractivity contribution in [2.24, 2.45) is 5.92 Å². The van der Waals surface area contributed by atoms with Crippen molar-refractivity contribution in [1.82, 2.24) is 0 Å². The molecule has 8 heteroatoms. The first-order chi connectivity index (χ1) is 11.7. The predicted octanol–water partition coefficient (Wildman–Crippen LogP) is 3.79. The van der Waals surface area contributed by atoms with Gasteiger partial charge in [0.1, 0.15) is 5.75 Å². The van der Waals surface area contributed by atoms with E-state index in [1.54, 1.807) is 12.1 Å². The summed E-state index contributed by atoms with van der Waals surface area (Å²) in [6.07, 6.45) is -2.33. The van der Waals surface area contributed by atoms with Crippen LogP contribution >= 0.6 is 0 Å². The minimum absolute atomic E-state index is 0.151. The maximum atomic E-state index is 12.2. The Morgan fingerprint density at radius 2 is 1.68 bits per heavy atom. The Morgan fingerprint density at radius 3 is 2.20 bits per heavy atom. The van der Waals surface area contributed by atoms with Gasteiger partial charge in [-0.3, -0.25) is 9.53 Å². The third-order valence-corrected chi connectivity index (χ3v) is 3.82. The molecule has 1 aliphatic carbocycles. The number of carbonyl (C=O) groups is 2. The summed E-state index contributed by atoms with van der Waals surface area (Å²) in [5.74, 6) is -1.72. The molecule has 0 aliphatic heterocycles. The van der Waals surface area contributed by atoms with Crippen LogP contribution < -0.4 is 4.74 Å². The quantitative estimate of drug-likeness (QED) is 0.493. The SMILES string of the molecule is O=C(O)/C=C/c1ccc(OC(=O)C2CCC(OC(F)(F)F)CC2)cc1. The number of carboxylic acid groups (broad SMARTS) is 1. The lowest BCUT2D eigenvalue weighted by Crippen LogP contribution is -2.32. The zero-order valence-corrected chi connectivity index (χ0v) is 13.2. The molecule has 1 N–H and O–H groups in total. The van der Waals surface area contributed by atoms with Gasteiger partial charge in [-0.05, 0) is 49.5 Å². The topological polar surface area (TPSA) is 72.8 Å². The van der Waals surface area contributed by atoms with Crippen molar-refractivity contribution in [2.45, 2.75) is 38.1 Å². The first-order valence-electron chi connectivity index (χ1n) is 7.70. The third kappa shape index (κ3) is 6.58. The Balaban J connectivity index is 1.83. The fraction of sp³-hybridized carbons (Fsp3) is 0.412. The van der Waals surface area contributed by atoms with E-state index in [1.807, 2.05) is 0 Å². The highest BCUT2D eigenvalue weighted by Crippen LogP contribution is 2.31. The van der Waals surface area contributed by atoms with Gasteiger partial charge in [-0.15, -0.1) is 13.2 Å². The summed E-state index contributed by atoms with van der Waals surface area (Å²) in [6.45, 7) is 0. The van der Waals surface area contributed by atoms with Gasteiger partial charge < -0.3 is 9.84 Å². The molecule has 0 atom stereocenters. The predicted molar refractivity (Wildman–Crippen MR) is 81.6 cm³/mol. The summed E-state index contributed by atoms with van der Waals surface area (Å²) in [7, 11) is 0. The lowest BCUT2D eigenvalue weighted by atomic mass is 9.87. The number of hydrogen-bond donors (Lipinski definition) is 1. The van der Waals surface area contributed by atoms with E-state index in [9.17, 15) is 22.8 Å². The molecule has 0 amide bonds. The third-order valence-electron chi connectivity index (χ3n) is 3.82. The summed E-state index contributed by atoms with van der Waals surface area (Å²) >= 11 is 0. The van der Waals surface area contributed by atoms with Gasteiger partial charge in [0.05, 0.1) is 12.0 Å². The van der Waals surface area contributed by atoms with Crippen LogP contribution in [0, 0.1) is 5.92 Å². The number of halogens is 3. The molecule has 0 saturated heterocycles. The molecular weight excluding hydrogens is 341 g/mol. The molecule has 136 valence electrons. The van der Waals surface area contributed by atoms with E-state index in [2.05, 4.69) is 4.74 Å². The van der Waals surface area contributed by atoms with Crippen LogP contribution in [-0.4, -0.2) is 29.5 Å². The smallest absolute Gasteiger partial charge is 0.478 e. The van der Waals surface area contributed by atoms with Crippen LogP contribution in [0.2, 0.25) is 0 Å². The van der Waals surface area contributed by atoms with Gasteiger partial charge in [-0.1, -0.05) is 12.1 Å². The summed E-state index contributed by atoms with van der Waals surface area (Å²) in [5.41, 5.74) is 0.631. The summed E-state index contributed by atoms with van der Waals surface area (Å²) < 4.78 is 45.7. The van der Waals surface area contributed by atoms with Gasteiger partial charge in [0.15, 0.2) is 0 Å². The number of ether oxygens (including phenoxy) is 2. The molecule has 0 unspecified atom stereocenters. The molecule has 1 aromatic rings. The Bertz CT molecular complexity index is 629.